The minimum Gasteiger partial charge on any atom is -0.339 e. The first-order valence-electron chi connectivity index (χ1n) is 9.35. The van der Waals surface area contributed by atoms with Gasteiger partial charge in [0.05, 0.1) is 11.6 Å². The van der Waals surface area contributed by atoms with Crippen molar-refractivity contribution in [2.75, 3.05) is 13.1 Å². The third-order valence-electron chi connectivity index (χ3n) is 5.17. The van der Waals surface area contributed by atoms with E-state index in [9.17, 15) is 10.1 Å². The summed E-state index contributed by atoms with van der Waals surface area (Å²) in [6.07, 6.45) is 1.59. The Morgan fingerprint density at radius 1 is 1.11 bits per heavy atom. The molecule has 0 saturated carbocycles. The highest BCUT2D eigenvalue weighted by atomic mass is 16.5. The molecule has 4 rings (SSSR count). The number of rotatable bonds is 3. The van der Waals surface area contributed by atoms with Crippen molar-refractivity contribution in [3.05, 3.63) is 71.4 Å². The van der Waals surface area contributed by atoms with Crippen molar-refractivity contribution in [1.29, 1.82) is 5.26 Å². The zero-order chi connectivity index (χ0) is 19.5. The van der Waals surface area contributed by atoms with Crippen LogP contribution in [-0.4, -0.2) is 34.0 Å². The van der Waals surface area contributed by atoms with Gasteiger partial charge in [-0.05, 0) is 37.5 Å². The van der Waals surface area contributed by atoms with E-state index in [-0.39, 0.29) is 11.8 Å². The summed E-state index contributed by atoms with van der Waals surface area (Å²) in [5, 5.41) is 13.3. The zero-order valence-corrected chi connectivity index (χ0v) is 15.6. The van der Waals surface area contributed by atoms with Crippen molar-refractivity contribution in [2.45, 2.75) is 25.7 Å². The first kappa shape index (κ1) is 17.9. The Bertz CT molecular complexity index is 1040. The largest absolute Gasteiger partial charge is 0.339 e. The molecule has 6 heteroatoms. The van der Waals surface area contributed by atoms with E-state index in [1.807, 2.05) is 54.3 Å². The number of benzene rings is 2. The van der Waals surface area contributed by atoms with Crippen LogP contribution >= 0.6 is 0 Å². The standard InChI is InChI=1S/C22H20N4O2/c1-15-24-21(28-25-15)16-10-12-26(13-11-16)22(27)20-9-5-4-8-19(20)18-7-3-2-6-17(18)14-23/h2-9,16H,10-13H2,1H3. The van der Waals surface area contributed by atoms with Gasteiger partial charge in [0.2, 0.25) is 5.89 Å². The molecule has 6 nitrogen and oxygen atoms in total. The lowest BCUT2D eigenvalue weighted by Gasteiger charge is -2.31. The highest BCUT2D eigenvalue weighted by molar-refractivity contribution is 6.01. The van der Waals surface area contributed by atoms with Gasteiger partial charge in [0, 0.05) is 30.1 Å². The molecule has 1 aliphatic heterocycles. The summed E-state index contributed by atoms with van der Waals surface area (Å²) >= 11 is 0. The fourth-order valence-corrected chi connectivity index (χ4v) is 3.70. The van der Waals surface area contributed by atoms with Gasteiger partial charge in [-0.15, -0.1) is 0 Å². The minimum absolute atomic E-state index is 0.0106. The maximum atomic E-state index is 13.2. The lowest BCUT2D eigenvalue weighted by molar-refractivity contribution is 0.0705. The number of hydrogen-bond donors (Lipinski definition) is 0. The molecule has 1 amide bonds. The number of aromatic nitrogens is 2. The number of hydrogen-bond acceptors (Lipinski definition) is 5. The Morgan fingerprint density at radius 3 is 2.46 bits per heavy atom. The van der Waals surface area contributed by atoms with Crippen molar-refractivity contribution < 1.29 is 9.32 Å². The molecular formula is C22H20N4O2. The summed E-state index contributed by atoms with van der Waals surface area (Å²) in [5.41, 5.74) is 2.76. The number of nitriles is 1. The molecule has 0 unspecified atom stereocenters. The van der Waals surface area contributed by atoms with Gasteiger partial charge >= 0.3 is 0 Å². The van der Waals surface area contributed by atoms with Crippen molar-refractivity contribution in [3.63, 3.8) is 0 Å². The quantitative estimate of drug-likeness (QED) is 0.695. The maximum absolute atomic E-state index is 13.2. The summed E-state index contributed by atoms with van der Waals surface area (Å²) in [6.45, 7) is 3.08. The Hall–Kier alpha value is -3.46. The van der Waals surface area contributed by atoms with E-state index in [0.717, 1.165) is 24.0 Å². The average Bonchev–Trinajstić information content (AvgIpc) is 3.19. The number of amides is 1. The van der Waals surface area contributed by atoms with Crippen LogP contribution in [0.5, 0.6) is 0 Å². The van der Waals surface area contributed by atoms with Crippen molar-refractivity contribution in [2.24, 2.45) is 0 Å². The summed E-state index contributed by atoms with van der Waals surface area (Å²) in [5.74, 6) is 1.48. The van der Waals surface area contributed by atoms with Crippen LogP contribution in [0.25, 0.3) is 11.1 Å². The number of nitrogens with zero attached hydrogens (tertiary/aromatic N) is 4. The van der Waals surface area contributed by atoms with Crippen LogP contribution in [0.1, 0.15) is 46.4 Å². The summed E-state index contributed by atoms with van der Waals surface area (Å²) in [6, 6.07) is 17.1. The Kier molecular flexibility index (Phi) is 4.90. The molecule has 1 aliphatic rings. The summed E-state index contributed by atoms with van der Waals surface area (Å²) < 4.78 is 5.29. The minimum atomic E-state index is -0.0106. The predicted octanol–water partition coefficient (Wildman–Crippen LogP) is 3.94. The fourth-order valence-electron chi connectivity index (χ4n) is 3.70. The summed E-state index contributed by atoms with van der Waals surface area (Å²) in [4.78, 5) is 19.4. The number of likely N-dealkylation sites (tertiary alicyclic amines) is 1. The van der Waals surface area contributed by atoms with Gasteiger partial charge in [0.1, 0.15) is 0 Å². The highest BCUT2D eigenvalue weighted by Crippen LogP contribution is 2.31. The zero-order valence-electron chi connectivity index (χ0n) is 15.6. The SMILES string of the molecule is Cc1noc(C2CCN(C(=O)c3ccccc3-c3ccccc3C#N)CC2)n1. The van der Waals surface area contributed by atoms with Crippen LogP contribution in [0.2, 0.25) is 0 Å². The van der Waals surface area contributed by atoms with E-state index in [0.29, 0.717) is 35.9 Å². The average molecular weight is 372 g/mol. The Morgan fingerprint density at radius 2 is 1.79 bits per heavy atom. The Balaban J connectivity index is 1.56. The molecule has 0 radical (unpaired) electrons. The molecular weight excluding hydrogens is 352 g/mol. The molecule has 1 saturated heterocycles. The molecule has 0 atom stereocenters. The van der Waals surface area contributed by atoms with E-state index in [1.165, 1.54) is 0 Å². The lowest BCUT2D eigenvalue weighted by atomic mass is 9.93. The van der Waals surface area contributed by atoms with Crippen LogP contribution < -0.4 is 0 Å². The smallest absolute Gasteiger partial charge is 0.254 e. The molecule has 1 fully saturated rings. The van der Waals surface area contributed by atoms with Gasteiger partial charge in [-0.3, -0.25) is 4.79 Å². The van der Waals surface area contributed by atoms with E-state index in [4.69, 9.17) is 4.52 Å². The first-order valence-corrected chi connectivity index (χ1v) is 9.35. The molecule has 0 spiro atoms. The number of aryl methyl sites for hydroxylation is 1. The number of carbonyl (C=O) groups is 1. The third kappa shape index (κ3) is 3.39. The van der Waals surface area contributed by atoms with Crippen molar-refractivity contribution >= 4 is 5.91 Å². The molecule has 0 N–H and O–H groups in total. The van der Waals surface area contributed by atoms with Crippen molar-refractivity contribution in [3.8, 4) is 17.2 Å². The van der Waals surface area contributed by atoms with E-state index < -0.39 is 0 Å². The number of carbonyl (C=O) groups excluding carboxylic acids is 1. The first-order chi connectivity index (χ1) is 13.7. The number of piperidine rings is 1. The molecule has 0 aliphatic carbocycles. The van der Waals surface area contributed by atoms with E-state index >= 15 is 0 Å². The van der Waals surface area contributed by atoms with Gasteiger partial charge in [0.15, 0.2) is 5.82 Å². The van der Waals surface area contributed by atoms with Crippen LogP contribution in [0.4, 0.5) is 0 Å². The second kappa shape index (κ2) is 7.65. The fraction of sp³-hybridized carbons (Fsp3) is 0.273. The van der Waals surface area contributed by atoms with Crippen LogP contribution in [0.15, 0.2) is 53.1 Å². The molecule has 2 heterocycles. The van der Waals surface area contributed by atoms with E-state index in [1.54, 1.807) is 6.07 Å². The molecule has 2 aromatic carbocycles. The topological polar surface area (TPSA) is 83.0 Å². The predicted molar refractivity (Wildman–Crippen MR) is 104 cm³/mol. The monoisotopic (exact) mass is 372 g/mol. The second-order valence-corrected chi connectivity index (χ2v) is 6.95. The molecule has 28 heavy (non-hydrogen) atoms. The van der Waals surface area contributed by atoms with Crippen LogP contribution in [-0.2, 0) is 0 Å². The van der Waals surface area contributed by atoms with Gasteiger partial charge in [-0.1, -0.05) is 41.6 Å². The molecule has 140 valence electrons. The highest BCUT2D eigenvalue weighted by Gasteiger charge is 2.28. The van der Waals surface area contributed by atoms with Gasteiger partial charge < -0.3 is 9.42 Å². The Labute approximate surface area is 163 Å². The van der Waals surface area contributed by atoms with Crippen LogP contribution in [0.3, 0.4) is 0 Å². The van der Waals surface area contributed by atoms with E-state index in [2.05, 4.69) is 16.2 Å². The molecule has 0 bridgehead atoms. The van der Waals surface area contributed by atoms with Gasteiger partial charge in [-0.2, -0.15) is 10.2 Å². The van der Waals surface area contributed by atoms with Gasteiger partial charge in [-0.25, -0.2) is 0 Å². The lowest BCUT2D eigenvalue weighted by Crippen LogP contribution is -2.38. The normalized spacial score (nSPS) is 14.6. The van der Waals surface area contributed by atoms with Crippen LogP contribution in [0, 0.1) is 18.3 Å². The summed E-state index contributed by atoms with van der Waals surface area (Å²) in [7, 11) is 0. The van der Waals surface area contributed by atoms with Gasteiger partial charge in [0.25, 0.3) is 5.91 Å². The maximum Gasteiger partial charge on any atom is 0.254 e. The second-order valence-electron chi connectivity index (χ2n) is 6.95. The third-order valence-corrected chi connectivity index (χ3v) is 5.17. The van der Waals surface area contributed by atoms with Crippen molar-refractivity contribution in [1.82, 2.24) is 15.0 Å². The molecule has 3 aromatic rings. The molecule has 1 aromatic heterocycles.